The van der Waals surface area contributed by atoms with Gasteiger partial charge in [-0.05, 0) is 0 Å². The second kappa shape index (κ2) is 159. The van der Waals surface area contributed by atoms with E-state index in [1.807, 2.05) is 0 Å². The first kappa shape index (κ1) is 30.1. The molecule has 0 unspecified atom stereocenters. The fourth-order valence-corrected chi connectivity index (χ4v) is 0. The number of hydrogen-bond acceptors (Lipinski definition) is 7. The van der Waals surface area contributed by atoms with Gasteiger partial charge in [-0.1, -0.05) is 0 Å². The minimum atomic E-state index is -0.500. The second-order valence-corrected chi connectivity index (χ2v) is 0.394. The van der Waals surface area contributed by atoms with Gasteiger partial charge in [-0.15, -0.1) is 0 Å². The molecule has 9 heteroatoms. The monoisotopic (exact) mass is 208 g/mol. The van der Waals surface area contributed by atoms with Crippen molar-refractivity contribution in [2.24, 2.45) is 0 Å². The Labute approximate surface area is 83.5 Å². The van der Waals surface area contributed by atoms with Crippen LogP contribution < -0.4 is 15.3 Å². The van der Waals surface area contributed by atoms with Gasteiger partial charge in [0.1, 0.15) is 0 Å². The largest absolute Gasteiger partial charge is 3.00 e. The molecule has 0 radical (unpaired) electrons. The molecule has 0 atom stereocenters. The van der Waals surface area contributed by atoms with Crippen molar-refractivity contribution in [2.45, 2.75) is 0 Å². The molecule has 0 aliphatic carbocycles. The van der Waals surface area contributed by atoms with Crippen LogP contribution in [0.5, 0.6) is 0 Å². The van der Waals surface area contributed by atoms with E-state index in [2.05, 4.69) is 0 Å². The summed E-state index contributed by atoms with van der Waals surface area (Å²) in [6, 6.07) is 0. The van der Waals surface area contributed by atoms with Crippen LogP contribution >= 0.6 is 0 Å². The normalized spacial score (nSPS) is 3.69. The maximum absolute atomic E-state index is 8.36. The molecule has 0 heterocycles. The summed E-state index contributed by atoms with van der Waals surface area (Å²) in [6.45, 7) is -1.75. The summed E-state index contributed by atoms with van der Waals surface area (Å²) in [6.07, 6.45) is 0. The molecule has 0 aromatic carbocycles. The standard InChI is InChI=1S/4CH2O2.Al/c4*2-1-3;/h4*1H,(H,2,3);/q;;;;+3/p-3. The zero-order valence-electron chi connectivity index (χ0n) is 6.19. The van der Waals surface area contributed by atoms with E-state index in [0.29, 0.717) is 0 Å². The molecule has 0 aliphatic heterocycles. The van der Waals surface area contributed by atoms with Gasteiger partial charge >= 0.3 is 17.4 Å². The summed E-state index contributed by atoms with van der Waals surface area (Å²) in [4.78, 5) is 33.1. The average Bonchev–Trinajstić information content (AvgIpc) is 1.92. The third-order valence-corrected chi connectivity index (χ3v) is 0. The molecule has 8 nitrogen and oxygen atoms in total. The summed E-state index contributed by atoms with van der Waals surface area (Å²) in [5.74, 6) is 0. The Balaban J connectivity index is -0.0000000213. The van der Waals surface area contributed by atoms with Crippen molar-refractivity contribution in [3.8, 4) is 0 Å². The Morgan fingerprint density at radius 2 is 0.769 bits per heavy atom. The van der Waals surface area contributed by atoms with E-state index in [1.165, 1.54) is 0 Å². The predicted octanol–water partition coefficient (Wildman–Crippen LogP) is -5.58. The molecule has 0 rings (SSSR count). The molecular weight excluding hydrogens is 203 g/mol. The van der Waals surface area contributed by atoms with Gasteiger partial charge < -0.3 is 34.8 Å². The molecule has 0 aliphatic rings. The Kier molecular flexibility index (Phi) is 367. The maximum Gasteiger partial charge on any atom is 3.00 e. The first-order valence-corrected chi connectivity index (χ1v) is 1.91. The SMILES string of the molecule is O=CO.O=C[O-].O=C[O-].O=C[O-].[Al+3]. The van der Waals surface area contributed by atoms with Crippen LogP contribution in [0.4, 0.5) is 0 Å². The number of rotatable bonds is 0. The third-order valence-electron chi connectivity index (χ3n) is 0. The van der Waals surface area contributed by atoms with Crippen molar-refractivity contribution in [1.82, 2.24) is 0 Å². The van der Waals surface area contributed by atoms with E-state index < -0.39 is 19.4 Å². The van der Waals surface area contributed by atoms with E-state index in [9.17, 15) is 0 Å². The van der Waals surface area contributed by atoms with Crippen molar-refractivity contribution < 1.29 is 39.6 Å². The molecule has 0 aromatic heterocycles. The van der Waals surface area contributed by atoms with Gasteiger partial charge in [-0.2, -0.15) is 0 Å². The van der Waals surface area contributed by atoms with E-state index in [0.717, 1.165) is 0 Å². The molecule has 0 amide bonds. The van der Waals surface area contributed by atoms with Crippen molar-refractivity contribution in [3.05, 3.63) is 0 Å². The van der Waals surface area contributed by atoms with Crippen LogP contribution in [0.2, 0.25) is 0 Å². The average molecular weight is 208 g/mol. The zero-order chi connectivity index (χ0) is 10.8. The number of carbonyl (C=O) groups is 4. The van der Waals surface area contributed by atoms with Gasteiger partial charge in [-0.25, -0.2) is 0 Å². The summed E-state index contributed by atoms with van der Waals surface area (Å²) < 4.78 is 0. The minimum absolute atomic E-state index is 0. The Morgan fingerprint density at radius 1 is 0.769 bits per heavy atom. The molecule has 0 saturated carbocycles. The minimum Gasteiger partial charge on any atom is -0.554 e. The predicted molar refractivity (Wildman–Crippen MR) is 32.6 cm³/mol. The van der Waals surface area contributed by atoms with Gasteiger partial charge in [0.25, 0.3) is 6.47 Å². The molecular formula is C4H5AlO8. The third kappa shape index (κ3) is 292. The fourth-order valence-electron chi connectivity index (χ4n) is 0. The van der Waals surface area contributed by atoms with Gasteiger partial charge in [-0.3, -0.25) is 4.79 Å². The van der Waals surface area contributed by atoms with Gasteiger partial charge in [0, 0.05) is 19.4 Å². The molecule has 1 N–H and O–H groups in total. The Bertz CT molecular complexity index is 70.1. The smallest absolute Gasteiger partial charge is 0.554 e. The summed E-state index contributed by atoms with van der Waals surface area (Å²) in [5.41, 5.74) is 0. The molecule has 0 aromatic rings. The summed E-state index contributed by atoms with van der Waals surface area (Å²) in [5, 5.41) is 31.6. The molecule has 0 bridgehead atoms. The van der Waals surface area contributed by atoms with E-state index in [4.69, 9.17) is 39.6 Å². The van der Waals surface area contributed by atoms with Crippen LogP contribution in [0.15, 0.2) is 0 Å². The van der Waals surface area contributed by atoms with Crippen LogP contribution in [0, 0.1) is 0 Å². The van der Waals surface area contributed by atoms with Crippen molar-refractivity contribution >= 4 is 43.2 Å². The Hall–Kier alpha value is -1.59. The van der Waals surface area contributed by atoms with Gasteiger partial charge in [0.15, 0.2) is 0 Å². The van der Waals surface area contributed by atoms with Gasteiger partial charge in [0.2, 0.25) is 0 Å². The molecule has 0 spiro atoms. The first-order valence-electron chi connectivity index (χ1n) is 1.91. The van der Waals surface area contributed by atoms with Crippen molar-refractivity contribution in [1.29, 1.82) is 0 Å². The summed E-state index contributed by atoms with van der Waals surface area (Å²) in [7, 11) is 0. The van der Waals surface area contributed by atoms with Crippen molar-refractivity contribution in [2.75, 3.05) is 0 Å². The van der Waals surface area contributed by atoms with Crippen LogP contribution in [0.3, 0.4) is 0 Å². The van der Waals surface area contributed by atoms with Crippen molar-refractivity contribution in [3.63, 3.8) is 0 Å². The van der Waals surface area contributed by atoms with Crippen LogP contribution in [0.1, 0.15) is 0 Å². The number of carbonyl (C=O) groups excluding carboxylic acids is 3. The second-order valence-electron chi connectivity index (χ2n) is 0.394. The molecule has 13 heavy (non-hydrogen) atoms. The van der Waals surface area contributed by atoms with Crippen LogP contribution in [-0.2, 0) is 19.2 Å². The van der Waals surface area contributed by atoms with Crippen LogP contribution in [0.25, 0.3) is 0 Å². The fraction of sp³-hybridized carbons (Fsp3) is 0. The number of hydrogen-bond donors (Lipinski definition) is 1. The maximum atomic E-state index is 8.36. The number of carboxylic acid groups (broad SMARTS) is 4. The summed E-state index contributed by atoms with van der Waals surface area (Å²) >= 11 is 0. The van der Waals surface area contributed by atoms with E-state index in [1.54, 1.807) is 0 Å². The quantitative estimate of drug-likeness (QED) is 0.304. The Morgan fingerprint density at radius 3 is 0.769 bits per heavy atom. The van der Waals surface area contributed by atoms with Crippen LogP contribution in [-0.4, -0.2) is 48.4 Å². The molecule has 0 fully saturated rings. The molecule has 0 saturated heterocycles. The first-order chi connectivity index (χ1) is 5.66. The zero-order valence-corrected chi connectivity index (χ0v) is 7.35. The topological polar surface area (TPSA) is 158 Å². The van der Waals surface area contributed by atoms with E-state index in [-0.39, 0.29) is 23.8 Å². The molecule has 72 valence electrons. The van der Waals surface area contributed by atoms with E-state index >= 15 is 0 Å². The van der Waals surface area contributed by atoms with Gasteiger partial charge in [0.05, 0.1) is 0 Å².